The van der Waals surface area contributed by atoms with Crippen LogP contribution in [0.1, 0.15) is 24.0 Å². The molecule has 8 heteroatoms. The number of hydrogen-bond donors (Lipinski definition) is 1. The molecule has 1 atom stereocenters. The molecular formula is C25H26ClN3O4. The van der Waals surface area contributed by atoms with E-state index in [1.165, 1.54) is 4.68 Å². The molecule has 172 valence electrons. The molecule has 0 saturated carbocycles. The summed E-state index contributed by atoms with van der Waals surface area (Å²) in [5, 5.41) is 15.2. The fourth-order valence-corrected chi connectivity index (χ4v) is 4.95. The van der Waals surface area contributed by atoms with Crippen LogP contribution in [0.25, 0.3) is 16.9 Å². The van der Waals surface area contributed by atoms with Crippen LogP contribution in [0.15, 0.2) is 41.2 Å². The minimum Gasteiger partial charge on any atom is -0.497 e. The predicted octanol–water partition coefficient (Wildman–Crippen LogP) is 3.63. The van der Waals surface area contributed by atoms with Crippen LogP contribution in [0.5, 0.6) is 11.5 Å². The zero-order chi connectivity index (χ0) is 23.1. The van der Waals surface area contributed by atoms with Gasteiger partial charge in [-0.3, -0.25) is 4.79 Å². The summed E-state index contributed by atoms with van der Waals surface area (Å²) in [6.45, 7) is 1.31. The molecule has 2 aromatic carbocycles. The molecule has 1 aromatic heterocycles. The Labute approximate surface area is 197 Å². The first kappa shape index (κ1) is 21.8. The van der Waals surface area contributed by atoms with Crippen molar-refractivity contribution < 1.29 is 14.6 Å². The fraction of sp³-hybridized carbons (Fsp3) is 0.360. The van der Waals surface area contributed by atoms with Gasteiger partial charge in [0.25, 0.3) is 5.56 Å². The van der Waals surface area contributed by atoms with Crippen LogP contribution < -0.4 is 19.9 Å². The van der Waals surface area contributed by atoms with Crippen LogP contribution in [-0.2, 0) is 12.8 Å². The lowest BCUT2D eigenvalue weighted by Crippen LogP contribution is -2.27. The number of aliphatic hydroxyl groups excluding tert-OH is 1. The summed E-state index contributed by atoms with van der Waals surface area (Å²) < 4.78 is 12.3. The average molecular weight is 468 g/mol. The Balaban J connectivity index is 1.69. The molecule has 5 rings (SSSR count). The van der Waals surface area contributed by atoms with Gasteiger partial charge in [-0.15, -0.1) is 0 Å². The Bertz CT molecular complexity index is 1250. The number of hydrogen-bond acceptors (Lipinski definition) is 6. The predicted molar refractivity (Wildman–Crippen MR) is 128 cm³/mol. The highest BCUT2D eigenvalue weighted by molar-refractivity contribution is 6.32. The quantitative estimate of drug-likeness (QED) is 0.617. The number of methoxy groups -OCH3 is 2. The maximum absolute atomic E-state index is 13.5. The third kappa shape index (κ3) is 3.96. The van der Waals surface area contributed by atoms with E-state index in [9.17, 15) is 9.90 Å². The highest BCUT2D eigenvalue weighted by Crippen LogP contribution is 2.35. The van der Waals surface area contributed by atoms with Crippen LogP contribution in [0, 0.1) is 0 Å². The number of aliphatic hydroxyl groups is 1. The van der Waals surface area contributed by atoms with Crippen molar-refractivity contribution in [2.75, 3.05) is 32.2 Å². The van der Waals surface area contributed by atoms with E-state index in [1.54, 1.807) is 20.3 Å². The molecule has 1 saturated heterocycles. The molecule has 2 aliphatic rings. The summed E-state index contributed by atoms with van der Waals surface area (Å²) in [6.07, 6.45) is 2.79. The van der Waals surface area contributed by atoms with Gasteiger partial charge >= 0.3 is 0 Å². The van der Waals surface area contributed by atoms with Crippen molar-refractivity contribution in [3.8, 4) is 28.4 Å². The Morgan fingerprint density at radius 3 is 2.45 bits per heavy atom. The van der Waals surface area contributed by atoms with Crippen LogP contribution in [-0.4, -0.2) is 48.3 Å². The summed E-state index contributed by atoms with van der Waals surface area (Å²) in [7, 11) is 3.22. The smallest absolute Gasteiger partial charge is 0.275 e. The Morgan fingerprint density at radius 1 is 1.06 bits per heavy atom. The molecule has 1 N–H and O–H groups in total. The van der Waals surface area contributed by atoms with Gasteiger partial charge in [0.2, 0.25) is 0 Å². The lowest BCUT2D eigenvalue weighted by molar-refractivity contribution is 0.198. The van der Waals surface area contributed by atoms with Gasteiger partial charge in [-0.25, -0.2) is 0 Å². The maximum atomic E-state index is 13.5. The SMILES string of the molecule is COc1cc(OC)cc(-c2nn(-c3cc(N4CCC(O)C4)ccc3Cl)c(=O)c3c2CCC3)c1. The topological polar surface area (TPSA) is 76.8 Å². The third-order valence-corrected chi connectivity index (χ3v) is 6.79. The van der Waals surface area contributed by atoms with Crippen LogP contribution in [0.4, 0.5) is 5.69 Å². The van der Waals surface area contributed by atoms with Gasteiger partial charge in [0.1, 0.15) is 11.5 Å². The zero-order valence-corrected chi connectivity index (χ0v) is 19.4. The molecule has 0 spiro atoms. The molecule has 1 fully saturated rings. The molecular weight excluding hydrogens is 442 g/mol. The van der Waals surface area contributed by atoms with Gasteiger partial charge in [0.15, 0.2) is 0 Å². The number of halogens is 1. The van der Waals surface area contributed by atoms with Crippen molar-refractivity contribution in [1.29, 1.82) is 0 Å². The lowest BCUT2D eigenvalue weighted by Gasteiger charge is -2.20. The number of aromatic nitrogens is 2. The van der Waals surface area contributed by atoms with Gasteiger partial charge < -0.3 is 19.5 Å². The minimum atomic E-state index is -0.348. The highest BCUT2D eigenvalue weighted by atomic mass is 35.5. The van der Waals surface area contributed by atoms with Gasteiger partial charge in [-0.1, -0.05) is 11.6 Å². The first-order valence-corrected chi connectivity index (χ1v) is 11.5. The van der Waals surface area contributed by atoms with Crippen molar-refractivity contribution in [2.45, 2.75) is 31.8 Å². The average Bonchev–Trinajstić information content (AvgIpc) is 3.49. The van der Waals surface area contributed by atoms with Gasteiger partial charge in [0.05, 0.1) is 36.7 Å². The van der Waals surface area contributed by atoms with Gasteiger partial charge in [-0.2, -0.15) is 9.78 Å². The number of β-amino-alcohol motifs (C(OH)–C–C–N with tert-alkyl or cyclic N) is 1. The molecule has 7 nitrogen and oxygen atoms in total. The fourth-order valence-electron chi connectivity index (χ4n) is 4.75. The molecule has 33 heavy (non-hydrogen) atoms. The van der Waals surface area contributed by atoms with Crippen LogP contribution in [0.2, 0.25) is 5.02 Å². The van der Waals surface area contributed by atoms with E-state index in [2.05, 4.69) is 4.90 Å². The zero-order valence-electron chi connectivity index (χ0n) is 18.7. The lowest BCUT2D eigenvalue weighted by atomic mass is 10.0. The summed E-state index contributed by atoms with van der Waals surface area (Å²) in [6, 6.07) is 11.2. The minimum absolute atomic E-state index is 0.137. The Kier molecular flexibility index (Phi) is 5.76. The third-order valence-electron chi connectivity index (χ3n) is 6.47. The van der Waals surface area contributed by atoms with E-state index >= 15 is 0 Å². The molecule has 1 aliphatic carbocycles. The Hall–Kier alpha value is -3.03. The number of fused-ring (bicyclic) bond motifs is 1. The van der Waals surface area contributed by atoms with E-state index in [4.69, 9.17) is 26.2 Å². The second-order valence-corrected chi connectivity index (χ2v) is 8.91. The molecule has 2 heterocycles. The van der Waals surface area contributed by atoms with E-state index < -0.39 is 0 Å². The first-order chi connectivity index (χ1) is 16.0. The second kappa shape index (κ2) is 8.72. The monoisotopic (exact) mass is 467 g/mol. The van der Waals surface area contributed by atoms with Gasteiger partial charge in [0, 0.05) is 36.0 Å². The molecule has 3 aromatic rings. The summed E-state index contributed by atoms with van der Waals surface area (Å²) in [4.78, 5) is 15.6. The van der Waals surface area contributed by atoms with E-state index in [0.29, 0.717) is 35.2 Å². The number of nitrogens with zero attached hydrogens (tertiary/aromatic N) is 3. The summed E-state index contributed by atoms with van der Waals surface area (Å²) in [5.74, 6) is 1.31. The van der Waals surface area contributed by atoms with Crippen molar-refractivity contribution in [1.82, 2.24) is 9.78 Å². The van der Waals surface area contributed by atoms with Crippen molar-refractivity contribution in [3.63, 3.8) is 0 Å². The van der Waals surface area contributed by atoms with Crippen molar-refractivity contribution >= 4 is 17.3 Å². The largest absolute Gasteiger partial charge is 0.497 e. The maximum Gasteiger partial charge on any atom is 0.275 e. The van der Waals surface area contributed by atoms with Crippen molar-refractivity contribution in [2.24, 2.45) is 0 Å². The standard InChI is InChI=1S/C25H26ClN3O4/c1-32-18-10-15(11-19(13-18)33-2)24-20-4-3-5-21(20)25(31)29(27-24)23-12-16(6-7-22(23)26)28-9-8-17(30)14-28/h6-7,10-13,17,30H,3-5,8-9,14H2,1-2H3. The normalized spacial score (nSPS) is 17.3. The van der Waals surface area contributed by atoms with Gasteiger partial charge in [-0.05, 0) is 61.6 Å². The second-order valence-electron chi connectivity index (χ2n) is 8.50. The Morgan fingerprint density at radius 2 is 1.79 bits per heavy atom. The summed E-state index contributed by atoms with van der Waals surface area (Å²) >= 11 is 6.58. The molecule has 0 radical (unpaired) electrons. The molecule has 0 bridgehead atoms. The van der Waals surface area contributed by atoms with E-state index in [0.717, 1.165) is 53.9 Å². The van der Waals surface area contributed by atoms with Crippen LogP contribution >= 0.6 is 11.6 Å². The van der Waals surface area contributed by atoms with Crippen LogP contribution in [0.3, 0.4) is 0 Å². The number of ether oxygens (including phenoxy) is 2. The number of rotatable bonds is 5. The highest BCUT2D eigenvalue weighted by Gasteiger charge is 2.26. The summed E-state index contributed by atoms with van der Waals surface area (Å²) in [5.41, 5.74) is 4.62. The molecule has 1 unspecified atom stereocenters. The van der Waals surface area contributed by atoms with E-state index in [1.807, 2.05) is 30.3 Å². The van der Waals surface area contributed by atoms with E-state index in [-0.39, 0.29) is 11.7 Å². The number of anilines is 1. The first-order valence-electron chi connectivity index (χ1n) is 11.1. The van der Waals surface area contributed by atoms with Crippen molar-refractivity contribution in [3.05, 3.63) is 62.9 Å². The molecule has 0 amide bonds. The molecule has 1 aliphatic heterocycles. The number of benzene rings is 2.